The molecule has 1 aromatic carbocycles. The molecule has 0 aromatic heterocycles. The summed E-state index contributed by atoms with van der Waals surface area (Å²) in [6, 6.07) is 6.02. The second-order valence-corrected chi connectivity index (χ2v) is 8.95. The fourth-order valence-corrected chi connectivity index (χ4v) is 4.74. The van der Waals surface area contributed by atoms with Gasteiger partial charge < -0.3 is 0 Å². The van der Waals surface area contributed by atoms with E-state index in [1.807, 2.05) is 0 Å². The summed E-state index contributed by atoms with van der Waals surface area (Å²) < 4.78 is 79.9. The van der Waals surface area contributed by atoms with Gasteiger partial charge in [0.2, 0.25) is 10.0 Å². The Morgan fingerprint density at radius 3 is 2.25 bits per heavy atom. The van der Waals surface area contributed by atoms with E-state index < -0.39 is 39.2 Å². The summed E-state index contributed by atoms with van der Waals surface area (Å²) in [4.78, 5) is -0.0614. The number of hydrogen-bond acceptors (Lipinski definition) is 2. The lowest BCUT2D eigenvalue weighted by molar-refractivity contribution is -0.170. The molecule has 24 heavy (non-hydrogen) atoms. The molecule has 1 unspecified atom stereocenters. The van der Waals surface area contributed by atoms with Gasteiger partial charge in [0.15, 0.2) is 0 Å². The van der Waals surface area contributed by atoms with Gasteiger partial charge in [-0.3, -0.25) is 0 Å². The Balaban J connectivity index is 2.40. The smallest absolute Gasteiger partial charge is 0.207 e. The van der Waals surface area contributed by atoms with E-state index in [2.05, 4.69) is 11.6 Å². The highest BCUT2D eigenvalue weighted by atomic mass is 35.5. The second-order valence-electron chi connectivity index (χ2n) is 6.59. The first-order valence-corrected chi connectivity index (χ1v) is 9.12. The van der Waals surface area contributed by atoms with Crippen LogP contribution in [0.25, 0.3) is 0 Å². The van der Waals surface area contributed by atoms with Crippen molar-refractivity contribution in [2.75, 3.05) is 6.54 Å². The zero-order valence-corrected chi connectivity index (χ0v) is 14.7. The molecule has 1 fully saturated rings. The Labute approximate surface area is 143 Å². The normalized spacial score (nSPS) is 22.7. The first-order valence-electron chi connectivity index (χ1n) is 7.30. The summed E-state index contributed by atoms with van der Waals surface area (Å²) in [5, 5.41) is -4.74. The van der Waals surface area contributed by atoms with Gasteiger partial charge in [-0.25, -0.2) is 8.42 Å². The topological polar surface area (TPSA) is 37.4 Å². The van der Waals surface area contributed by atoms with E-state index in [1.54, 1.807) is 19.9 Å². The summed E-state index contributed by atoms with van der Waals surface area (Å²) in [5.41, 5.74) is -0.882. The average molecular weight is 388 g/mol. The van der Waals surface area contributed by atoms with Crippen LogP contribution < -0.4 is 0 Å². The van der Waals surface area contributed by atoms with Crippen molar-refractivity contribution in [2.24, 2.45) is 5.41 Å². The first-order chi connectivity index (χ1) is 10.8. The summed E-state index contributed by atoms with van der Waals surface area (Å²) >= 11 is 4.52. The maximum atomic E-state index is 13.8. The maximum absolute atomic E-state index is 13.8. The second kappa shape index (κ2) is 6.14. The van der Waals surface area contributed by atoms with Gasteiger partial charge in [0.1, 0.15) is 0 Å². The molecule has 0 amide bonds. The molecule has 0 N–H and O–H groups in total. The van der Waals surface area contributed by atoms with Crippen LogP contribution in [0.15, 0.2) is 35.2 Å². The molecule has 1 atom stereocenters. The number of hydrogen-bond donors (Lipinski definition) is 0. The van der Waals surface area contributed by atoms with Gasteiger partial charge in [-0.2, -0.15) is 21.9 Å². The Bertz CT molecular complexity index is 689. The van der Waals surface area contributed by atoms with Gasteiger partial charge in [-0.05, 0) is 35.6 Å². The fourth-order valence-electron chi connectivity index (χ4n) is 2.86. The van der Waals surface area contributed by atoms with Crippen molar-refractivity contribution in [2.45, 2.75) is 48.9 Å². The lowest BCUT2D eigenvalue weighted by atomic mass is 9.82. The van der Waals surface area contributed by atoms with Gasteiger partial charge in [0.05, 0.1) is 4.90 Å². The third kappa shape index (κ3) is 3.55. The molecule has 1 heterocycles. The quantitative estimate of drug-likeness (QED) is 0.557. The lowest BCUT2D eigenvalue weighted by Crippen LogP contribution is -2.48. The monoisotopic (exact) mass is 387 g/mol. The predicted molar refractivity (Wildman–Crippen MR) is 82.9 cm³/mol. The Hall–Kier alpha value is -0.860. The van der Waals surface area contributed by atoms with Crippen LogP contribution in [0.2, 0.25) is 0 Å². The van der Waals surface area contributed by atoms with Gasteiger partial charge >= 0.3 is 11.3 Å². The van der Waals surface area contributed by atoms with Crippen molar-refractivity contribution in [3.8, 4) is 0 Å². The van der Waals surface area contributed by atoms with Crippen molar-refractivity contribution in [3.63, 3.8) is 0 Å². The molecule has 0 saturated carbocycles. The summed E-state index contributed by atoms with van der Waals surface area (Å²) in [5.74, 6) is -4.52. The molecule has 0 bridgehead atoms. The van der Waals surface area contributed by atoms with Crippen LogP contribution in [0.3, 0.4) is 0 Å². The number of nitrogens with zero attached hydrogens (tertiary/aromatic N) is 1. The minimum Gasteiger partial charge on any atom is -0.207 e. The molecule has 0 spiro atoms. The van der Waals surface area contributed by atoms with Crippen molar-refractivity contribution < 1.29 is 26.0 Å². The van der Waals surface area contributed by atoms with Crippen LogP contribution in [0.5, 0.6) is 0 Å². The fraction of sp³-hybridized carbons (Fsp3) is 0.600. The third-order valence-electron chi connectivity index (χ3n) is 4.44. The molecule has 1 aliphatic heterocycles. The molecule has 2 rings (SSSR count). The Kier molecular flexibility index (Phi) is 4.98. The van der Waals surface area contributed by atoms with Crippen LogP contribution in [-0.4, -0.2) is 36.6 Å². The van der Waals surface area contributed by atoms with Gasteiger partial charge in [-0.15, -0.1) is 0 Å². The standard InChI is InChI=1S/C15H18ClF4NO2S/c1-13(2)8-9-21(12(13)10-14(17,18)15(16,19)20)24(22,23)11-6-4-3-5-7-11/h3-7,12H,8-10H2,1-2H3. The van der Waals surface area contributed by atoms with Gasteiger partial charge in [0, 0.05) is 19.0 Å². The molecular weight excluding hydrogens is 370 g/mol. The van der Waals surface area contributed by atoms with Crippen molar-refractivity contribution in [3.05, 3.63) is 30.3 Å². The largest absolute Gasteiger partial charge is 0.384 e. The van der Waals surface area contributed by atoms with Crippen molar-refractivity contribution in [1.29, 1.82) is 0 Å². The first kappa shape index (κ1) is 19.5. The number of sulfonamides is 1. The molecule has 0 aliphatic carbocycles. The highest BCUT2D eigenvalue weighted by Crippen LogP contribution is 2.48. The minimum absolute atomic E-state index is 0.0150. The van der Waals surface area contributed by atoms with Gasteiger partial charge in [0.25, 0.3) is 0 Å². The molecule has 3 nitrogen and oxygen atoms in total. The molecule has 9 heteroatoms. The van der Waals surface area contributed by atoms with E-state index in [4.69, 9.17) is 0 Å². The van der Waals surface area contributed by atoms with E-state index in [1.165, 1.54) is 24.3 Å². The molecule has 136 valence electrons. The zero-order chi connectivity index (χ0) is 18.4. The van der Waals surface area contributed by atoms with E-state index >= 15 is 0 Å². The zero-order valence-electron chi connectivity index (χ0n) is 13.1. The van der Waals surface area contributed by atoms with E-state index in [-0.39, 0.29) is 17.9 Å². The molecule has 1 saturated heterocycles. The number of rotatable bonds is 5. The van der Waals surface area contributed by atoms with Crippen molar-refractivity contribution >= 4 is 21.6 Å². The number of benzene rings is 1. The SMILES string of the molecule is CC1(C)CCN(S(=O)(=O)c2ccccc2)C1CC(F)(F)C(F)(F)Cl. The highest BCUT2D eigenvalue weighted by molar-refractivity contribution is 7.89. The van der Waals surface area contributed by atoms with E-state index in [0.717, 1.165) is 4.31 Å². The summed E-state index contributed by atoms with van der Waals surface area (Å²) in [7, 11) is -4.06. The molecule has 1 aromatic rings. The third-order valence-corrected chi connectivity index (χ3v) is 6.64. The molecule has 1 aliphatic rings. The predicted octanol–water partition coefficient (Wildman–Crippen LogP) is 4.33. The van der Waals surface area contributed by atoms with E-state index in [0.29, 0.717) is 0 Å². The Morgan fingerprint density at radius 1 is 1.21 bits per heavy atom. The Morgan fingerprint density at radius 2 is 1.75 bits per heavy atom. The van der Waals surface area contributed by atoms with Crippen LogP contribution in [0.4, 0.5) is 17.6 Å². The molecular formula is C15H18ClF4NO2S. The van der Waals surface area contributed by atoms with Crippen LogP contribution >= 0.6 is 11.6 Å². The average Bonchev–Trinajstić information content (AvgIpc) is 2.74. The lowest BCUT2D eigenvalue weighted by Gasteiger charge is -2.35. The van der Waals surface area contributed by atoms with E-state index in [9.17, 15) is 26.0 Å². The van der Waals surface area contributed by atoms with Crippen molar-refractivity contribution in [1.82, 2.24) is 4.31 Å². The minimum atomic E-state index is -4.74. The van der Waals surface area contributed by atoms with Gasteiger partial charge in [-0.1, -0.05) is 32.0 Å². The van der Waals surface area contributed by atoms with Crippen LogP contribution in [-0.2, 0) is 10.0 Å². The maximum Gasteiger partial charge on any atom is 0.384 e. The van der Waals surface area contributed by atoms with Crippen LogP contribution in [0, 0.1) is 5.41 Å². The van der Waals surface area contributed by atoms with Crippen LogP contribution in [0.1, 0.15) is 26.7 Å². The molecule has 0 radical (unpaired) electrons. The number of halogens is 5. The summed E-state index contributed by atoms with van der Waals surface area (Å²) in [6.07, 6.45) is -1.06. The highest BCUT2D eigenvalue weighted by Gasteiger charge is 2.59. The number of alkyl halides is 5. The summed E-state index contributed by atoms with van der Waals surface area (Å²) in [6.45, 7) is 3.15.